The molecule has 0 amide bonds. The van der Waals surface area contributed by atoms with Gasteiger partial charge in [0.15, 0.2) is 0 Å². The standard InChI is InChI=1S/C14H29N3/c1-3-9-17(14-6-8-15-12-14)13-5-4-10-16(2)11-7-13/h13-15H,3-12H2,1-2H3. The van der Waals surface area contributed by atoms with Crippen LogP contribution >= 0.6 is 0 Å². The second-order valence-corrected chi connectivity index (χ2v) is 5.77. The summed E-state index contributed by atoms with van der Waals surface area (Å²) in [6.07, 6.45) is 6.80. The van der Waals surface area contributed by atoms with Crippen molar-refractivity contribution >= 4 is 0 Å². The summed E-state index contributed by atoms with van der Waals surface area (Å²) in [5.74, 6) is 0. The minimum atomic E-state index is 0.809. The first-order valence-corrected chi connectivity index (χ1v) is 7.46. The maximum atomic E-state index is 3.52. The molecule has 0 bridgehead atoms. The average molecular weight is 239 g/mol. The molecule has 2 fully saturated rings. The van der Waals surface area contributed by atoms with Gasteiger partial charge in [0, 0.05) is 18.6 Å². The largest absolute Gasteiger partial charge is 0.315 e. The highest BCUT2D eigenvalue weighted by molar-refractivity contribution is 4.86. The number of nitrogens with one attached hydrogen (secondary N) is 1. The first-order chi connectivity index (χ1) is 8.31. The van der Waals surface area contributed by atoms with E-state index in [2.05, 4.69) is 29.1 Å². The van der Waals surface area contributed by atoms with Crippen molar-refractivity contribution in [3.05, 3.63) is 0 Å². The van der Waals surface area contributed by atoms with Crippen LogP contribution in [0.1, 0.15) is 39.0 Å². The van der Waals surface area contributed by atoms with Crippen LogP contribution in [0.5, 0.6) is 0 Å². The minimum absolute atomic E-state index is 0.809. The van der Waals surface area contributed by atoms with Gasteiger partial charge in [0.1, 0.15) is 0 Å². The van der Waals surface area contributed by atoms with Gasteiger partial charge in [-0.15, -0.1) is 0 Å². The Morgan fingerprint density at radius 3 is 2.76 bits per heavy atom. The predicted octanol–water partition coefficient (Wildman–Crippen LogP) is 1.54. The van der Waals surface area contributed by atoms with Crippen LogP contribution in [0.25, 0.3) is 0 Å². The average Bonchev–Trinajstić information content (AvgIpc) is 2.76. The fourth-order valence-corrected chi connectivity index (χ4v) is 3.40. The Morgan fingerprint density at radius 1 is 1.18 bits per heavy atom. The fourth-order valence-electron chi connectivity index (χ4n) is 3.40. The van der Waals surface area contributed by atoms with Crippen molar-refractivity contribution < 1.29 is 0 Å². The van der Waals surface area contributed by atoms with Gasteiger partial charge in [-0.25, -0.2) is 0 Å². The van der Waals surface area contributed by atoms with Gasteiger partial charge in [0.2, 0.25) is 0 Å². The number of hydrogen-bond donors (Lipinski definition) is 1. The summed E-state index contributed by atoms with van der Waals surface area (Å²) in [5.41, 5.74) is 0. The topological polar surface area (TPSA) is 18.5 Å². The molecule has 0 aromatic carbocycles. The van der Waals surface area contributed by atoms with Crippen LogP contribution in [-0.4, -0.2) is 61.7 Å². The highest BCUT2D eigenvalue weighted by Crippen LogP contribution is 2.21. The highest BCUT2D eigenvalue weighted by Gasteiger charge is 2.28. The van der Waals surface area contributed by atoms with Crippen LogP contribution in [0.4, 0.5) is 0 Å². The smallest absolute Gasteiger partial charge is 0.0235 e. The van der Waals surface area contributed by atoms with Gasteiger partial charge in [-0.2, -0.15) is 0 Å². The van der Waals surface area contributed by atoms with Crippen molar-refractivity contribution in [3.8, 4) is 0 Å². The molecule has 2 saturated heterocycles. The molecule has 1 N–H and O–H groups in total. The van der Waals surface area contributed by atoms with Gasteiger partial charge in [-0.3, -0.25) is 4.90 Å². The number of likely N-dealkylation sites (tertiary alicyclic amines) is 1. The molecule has 2 heterocycles. The Balaban J connectivity index is 1.93. The maximum absolute atomic E-state index is 3.52. The molecule has 2 unspecified atom stereocenters. The Morgan fingerprint density at radius 2 is 2.06 bits per heavy atom. The molecule has 0 aromatic heterocycles. The van der Waals surface area contributed by atoms with E-state index in [0.29, 0.717) is 0 Å². The Bertz CT molecular complexity index is 214. The Labute approximate surface area is 107 Å². The Hall–Kier alpha value is -0.120. The zero-order valence-electron chi connectivity index (χ0n) is 11.6. The lowest BCUT2D eigenvalue weighted by atomic mass is 10.0. The summed E-state index contributed by atoms with van der Waals surface area (Å²) in [5, 5.41) is 3.52. The number of hydrogen-bond acceptors (Lipinski definition) is 3. The highest BCUT2D eigenvalue weighted by atomic mass is 15.2. The molecule has 3 heteroatoms. The van der Waals surface area contributed by atoms with Gasteiger partial charge in [-0.05, 0) is 65.3 Å². The summed E-state index contributed by atoms with van der Waals surface area (Å²) in [4.78, 5) is 5.32. The minimum Gasteiger partial charge on any atom is -0.315 e. The third-order valence-corrected chi connectivity index (χ3v) is 4.38. The van der Waals surface area contributed by atoms with Crippen molar-refractivity contribution in [1.82, 2.24) is 15.1 Å². The van der Waals surface area contributed by atoms with Crippen LogP contribution in [0, 0.1) is 0 Å². The molecule has 2 atom stereocenters. The van der Waals surface area contributed by atoms with E-state index in [-0.39, 0.29) is 0 Å². The van der Waals surface area contributed by atoms with E-state index in [9.17, 15) is 0 Å². The molecule has 0 aliphatic carbocycles. The van der Waals surface area contributed by atoms with Gasteiger partial charge in [0.25, 0.3) is 0 Å². The van der Waals surface area contributed by atoms with Crippen molar-refractivity contribution in [2.24, 2.45) is 0 Å². The zero-order chi connectivity index (χ0) is 12.1. The van der Waals surface area contributed by atoms with Crippen molar-refractivity contribution in [2.45, 2.75) is 51.1 Å². The van der Waals surface area contributed by atoms with E-state index in [1.54, 1.807) is 0 Å². The van der Waals surface area contributed by atoms with E-state index in [4.69, 9.17) is 0 Å². The van der Waals surface area contributed by atoms with Crippen LogP contribution in [-0.2, 0) is 0 Å². The van der Waals surface area contributed by atoms with Crippen LogP contribution < -0.4 is 5.32 Å². The first kappa shape index (κ1) is 13.3. The first-order valence-electron chi connectivity index (χ1n) is 7.46. The summed E-state index contributed by atoms with van der Waals surface area (Å²) in [6, 6.07) is 1.65. The molecule has 2 aliphatic heterocycles. The maximum Gasteiger partial charge on any atom is 0.0235 e. The van der Waals surface area contributed by atoms with Crippen LogP contribution in [0.15, 0.2) is 0 Å². The molecule has 3 nitrogen and oxygen atoms in total. The second kappa shape index (κ2) is 6.72. The Kier molecular flexibility index (Phi) is 5.26. The molecule has 0 saturated carbocycles. The lowest BCUT2D eigenvalue weighted by molar-refractivity contribution is 0.129. The van der Waals surface area contributed by atoms with E-state index in [0.717, 1.165) is 12.1 Å². The molecular formula is C14H29N3. The summed E-state index contributed by atoms with van der Waals surface area (Å²) in [6.45, 7) is 8.62. The van der Waals surface area contributed by atoms with E-state index >= 15 is 0 Å². The summed E-state index contributed by atoms with van der Waals surface area (Å²) >= 11 is 0. The van der Waals surface area contributed by atoms with Gasteiger partial charge in [0.05, 0.1) is 0 Å². The van der Waals surface area contributed by atoms with Crippen LogP contribution in [0.2, 0.25) is 0 Å². The van der Waals surface area contributed by atoms with Crippen molar-refractivity contribution in [3.63, 3.8) is 0 Å². The molecular weight excluding hydrogens is 210 g/mol. The van der Waals surface area contributed by atoms with E-state index < -0.39 is 0 Å². The molecule has 2 rings (SSSR count). The second-order valence-electron chi connectivity index (χ2n) is 5.77. The van der Waals surface area contributed by atoms with Gasteiger partial charge >= 0.3 is 0 Å². The third-order valence-electron chi connectivity index (χ3n) is 4.38. The van der Waals surface area contributed by atoms with Gasteiger partial charge < -0.3 is 10.2 Å². The monoisotopic (exact) mass is 239 g/mol. The van der Waals surface area contributed by atoms with Crippen molar-refractivity contribution in [1.29, 1.82) is 0 Å². The molecule has 0 aromatic rings. The lowest BCUT2D eigenvalue weighted by Gasteiger charge is -2.35. The SMILES string of the molecule is CCCN(C1CCCN(C)CC1)C1CCNC1. The molecule has 0 radical (unpaired) electrons. The van der Waals surface area contributed by atoms with Crippen LogP contribution in [0.3, 0.4) is 0 Å². The normalized spacial score (nSPS) is 31.9. The molecule has 17 heavy (non-hydrogen) atoms. The quantitative estimate of drug-likeness (QED) is 0.803. The van der Waals surface area contributed by atoms with Crippen molar-refractivity contribution in [2.75, 3.05) is 39.8 Å². The number of rotatable bonds is 4. The molecule has 2 aliphatic rings. The predicted molar refractivity (Wildman–Crippen MR) is 73.4 cm³/mol. The molecule has 0 spiro atoms. The van der Waals surface area contributed by atoms with Gasteiger partial charge in [-0.1, -0.05) is 6.92 Å². The lowest BCUT2D eigenvalue weighted by Crippen LogP contribution is -2.45. The number of nitrogens with zero attached hydrogens (tertiary/aromatic N) is 2. The van der Waals surface area contributed by atoms with E-state index in [1.807, 2.05) is 0 Å². The fraction of sp³-hybridized carbons (Fsp3) is 1.00. The zero-order valence-corrected chi connectivity index (χ0v) is 11.6. The third kappa shape index (κ3) is 3.67. The summed E-state index contributed by atoms with van der Waals surface area (Å²) in [7, 11) is 2.27. The van der Waals surface area contributed by atoms with E-state index in [1.165, 1.54) is 64.8 Å². The summed E-state index contributed by atoms with van der Waals surface area (Å²) < 4.78 is 0. The molecule has 100 valence electrons.